The minimum atomic E-state index is -0.611. The zero-order chi connectivity index (χ0) is 13.5. The van der Waals surface area contributed by atoms with Gasteiger partial charge in [-0.3, -0.25) is 4.79 Å². The first-order valence-electron chi connectivity index (χ1n) is 5.83. The Morgan fingerprint density at radius 3 is 2.72 bits per heavy atom. The maximum Gasteiger partial charge on any atom is 0.224 e. The van der Waals surface area contributed by atoms with Crippen LogP contribution in [0.3, 0.4) is 0 Å². The number of fused-ring (bicyclic) bond motifs is 1. The number of carbonyl (C=O) groups is 1. The van der Waals surface area contributed by atoms with E-state index < -0.39 is 5.41 Å². The van der Waals surface area contributed by atoms with E-state index in [1.807, 2.05) is 43.5 Å². The van der Waals surface area contributed by atoms with Crippen molar-refractivity contribution >= 4 is 22.6 Å². The molecule has 1 heterocycles. The molecule has 2 aromatic rings. The summed E-state index contributed by atoms with van der Waals surface area (Å²) in [4.78, 5) is 15.9. The number of nitrogens with zero attached hydrogens (tertiary/aromatic N) is 2. The van der Waals surface area contributed by atoms with Crippen LogP contribution in [0.25, 0.3) is 11.0 Å². The highest BCUT2D eigenvalue weighted by atomic mass is 16.1. The maximum absolute atomic E-state index is 11.4. The van der Waals surface area contributed by atoms with E-state index in [9.17, 15) is 4.79 Å². The van der Waals surface area contributed by atoms with E-state index >= 15 is 0 Å². The van der Waals surface area contributed by atoms with Crippen LogP contribution >= 0.6 is 0 Å². The Balaban J connectivity index is 2.51. The Kier molecular flexibility index (Phi) is 2.77. The number of rotatable bonds is 3. The summed E-state index contributed by atoms with van der Waals surface area (Å²) < 4.78 is 2.00. The van der Waals surface area contributed by atoms with Crippen LogP contribution in [-0.4, -0.2) is 15.5 Å². The summed E-state index contributed by atoms with van der Waals surface area (Å²) in [5.41, 5.74) is 13.0. The number of nitrogens with two attached hydrogens (primary N) is 2. The predicted octanol–water partition coefficient (Wildman–Crippen LogP) is 1.44. The van der Waals surface area contributed by atoms with Crippen LogP contribution < -0.4 is 11.5 Å². The van der Waals surface area contributed by atoms with E-state index in [0.29, 0.717) is 12.2 Å². The van der Waals surface area contributed by atoms with Crippen molar-refractivity contribution in [3.8, 4) is 0 Å². The van der Waals surface area contributed by atoms with Gasteiger partial charge >= 0.3 is 0 Å². The van der Waals surface area contributed by atoms with Crippen LogP contribution in [0.15, 0.2) is 18.2 Å². The second kappa shape index (κ2) is 4.01. The molecule has 0 aliphatic rings. The molecule has 5 nitrogen and oxygen atoms in total. The highest BCUT2D eigenvalue weighted by Crippen LogP contribution is 2.24. The zero-order valence-electron chi connectivity index (χ0n) is 10.9. The lowest BCUT2D eigenvalue weighted by Gasteiger charge is -2.22. The van der Waals surface area contributed by atoms with E-state index in [1.54, 1.807) is 0 Å². The third kappa shape index (κ3) is 2.03. The Bertz CT molecular complexity index is 613. The molecule has 1 aromatic heterocycles. The molecule has 0 aliphatic carbocycles. The van der Waals surface area contributed by atoms with Crippen molar-refractivity contribution in [3.05, 3.63) is 24.0 Å². The fourth-order valence-electron chi connectivity index (χ4n) is 1.94. The van der Waals surface area contributed by atoms with E-state index in [1.165, 1.54) is 0 Å². The molecule has 2 rings (SSSR count). The van der Waals surface area contributed by atoms with Crippen LogP contribution in [0.2, 0.25) is 0 Å². The second-order valence-electron chi connectivity index (χ2n) is 5.24. The van der Waals surface area contributed by atoms with Crippen molar-refractivity contribution in [2.75, 3.05) is 5.73 Å². The second-order valence-corrected chi connectivity index (χ2v) is 5.24. The zero-order valence-corrected chi connectivity index (χ0v) is 10.9. The molecule has 0 saturated carbocycles. The number of aryl methyl sites for hydroxylation is 1. The number of aromatic nitrogens is 2. The van der Waals surface area contributed by atoms with Crippen molar-refractivity contribution in [2.24, 2.45) is 11.1 Å². The monoisotopic (exact) mass is 246 g/mol. The Morgan fingerprint density at radius 2 is 2.11 bits per heavy atom. The number of hydrogen-bond acceptors (Lipinski definition) is 3. The van der Waals surface area contributed by atoms with Crippen molar-refractivity contribution in [1.29, 1.82) is 0 Å². The first-order valence-corrected chi connectivity index (χ1v) is 5.83. The number of benzene rings is 1. The molecule has 0 fully saturated rings. The Morgan fingerprint density at radius 1 is 1.44 bits per heavy atom. The normalized spacial score (nSPS) is 11.9. The molecule has 0 radical (unpaired) electrons. The van der Waals surface area contributed by atoms with E-state index in [2.05, 4.69) is 4.98 Å². The number of nitrogen functional groups attached to an aromatic ring is 1. The lowest BCUT2D eigenvalue weighted by molar-refractivity contribution is -0.126. The van der Waals surface area contributed by atoms with Crippen molar-refractivity contribution < 1.29 is 4.79 Å². The highest BCUT2D eigenvalue weighted by molar-refractivity contribution is 5.82. The minimum Gasteiger partial charge on any atom is -0.399 e. The average Bonchev–Trinajstić information content (AvgIpc) is 2.54. The van der Waals surface area contributed by atoms with E-state index in [0.717, 1.165) is 16.9 Å². The Hall–Kier alpha value is -2.04. The van der Waals surface area contributed by atoms with Gasteiger partial charge in [-0.2, -0.15) is 0 Å². The summed E-state index contributed by atoms with van der Waals surface area (Å²) in [5, 5.41) is 0. The first-order chi connectivity index (χ1) is 8.31. The summed E-state index contributed by atoms with van der Waals surface area (Å²) in [6.07, 6.45) is 0. The smallest absolute Gasteiger partial charge is 0.224 e. The van der Waals surface area contributed by atoms with Crippen LogP contribution in [0.4, 0.5) is 5.69 Å². The van der Waals surface area contributed by atoms with Crippen LogP contribution in [-0.2, 0) is 11.3 Å². The fourth-order valence-corrected chi connectivity index (χ4v) is 1.94. The topological polar surface area (TPSA) is 86.9 Å². The van der Waals surface area contributed by atoms with Crippen LogP contribution in [0, 0.1) is 12.3 Å². The summed E-state index contributed by atoms with van der Waals surface area (Å²) in [6.45, 7) is 6.08. The van der Waals surface area contributed by atoms with Gasteiger partial charge in [-0.25, -0.2) is 4.98 Å². The predicted molar refractivity (Wildman–Crippen MR) is 71.9 cm³/mol. The van der Waals surface area contributed by atoms with Gasteiger partial charge in [-0.15, -0.1) is 0 Å². The van der Waals surface area contributed by atoms with Gasteiger partial charge in [-0.05, 0) is 39.0 Å². The molecule has 0 aliphatic heterocycles. The molecule has 0 saturated heterocycles. The van der Waals surface area contributed by atoms with Gasteiger partial charge in [0.25, 0.3) is 0 Å². The summed E-state index contributed by atoms with van der Waals surface area (Å²) >= 11 is 0. The average molecular weight is 246 g/mol. The number of primary amides is 1. The lowest BCUT2D eigenvalue weighted by Crippen LogP contribution is -2.35. The van der Waals surface area contributed by atoms with Gasteiger partial charge in [0.1, 0.15) is 5.82 Å². The molecule has 1 amide bonds. The van der Waals surface area contributed by atoms with Gasteiger partial charge in [0.2, 0.25) is 5.91 Å². The molecule has 18 heavy (non-hydrogen) atoms. The van der Waals surface area contributed by atoms with Gasteiger partial charge in [0.05, 0.1) is 16.4 Å². The van der Waals surface area contributed by atoms with Gasteiger partial charge in [-0.1, -0.05) is 0 Å². The number of carbonyl (C=O) groups excluding carboxylic acids is 1. The maximum atomic E-state index is 11.4. The van der Waals surface area contributed by atoms with Crippen LogP contribution in [0.1, 0.15) is 19.7 Å². The first kappa shape index (κ1) is 12.4. The molecule has 4 N–H and O–H groups in total. The SMILES string of the molecule is Cc1nc2cc(N)ccc2n1CC(C)(C)C(N)=O. The number of anilines is 1. The third-order valence-electron chi connectivity index (χ3n) is 3.18. The molecule has 5 heteroatoms. The molecule has 0 unspecified atom stereocenters. The quantitative estimate of drug-likeness (QED) is 0.803. The summed E-state index contributed by atoms with van der Waals surface area (Å²) in [5.74, 6) is 0.532. The van der Waals surface area contributed by atoms with E-state index in [-0.39, 0.29) is 5.91 Å². The Labute approximate surface area is 106 Å². The van der Waals surface area contributed by atoms with E-state index in [4.69, 9.17) is 11.5 Å². The summed E-state index contributed by atoms with van der Waals surface area (Å²) in [6, 6.07) is 5.58. The standard InChI is InChI=1S/C13H18N4O/c1-8-16-10-6-9(14)4-5-11(10)17(8)7-13(2,3)12(15)18/h4-6H,7,14H2,1-3H3,(H2,15,18). The van der Waals surface area contributed by atoms with Crippen molar-refractivity contribution in [1.82, 2.24) is 9.55 Å². The number of hydrogen-bond donors (Lipinski definition) is 2. The van der Waals surface area contributed by atoms with Gasteiger partial charge in [0, 0.05) is 12.2 Å². The summed E-state index contributed by atoms with van der Waals surface area (Å²) in [7, 11) is 0. The molecular formula is C13H18N4O. The van der Waals surface area contributed by atoms with Gasteiger partial charge in [0.15, 0.2) is 0 Å². The van der Waals surface area contributed by atoms with Gasteiger partial charge < -0.3 is 16.0 Å². The molecule has 0 atom stereocenters. The number of amides is 1. The number of imidazole rings is 1. The molecule has 1 aromatic carbocycles. The van der Waals surface area contributed by atoms with Crippen LogP contribution in [0.5, 0.6) is 0 Å². The highest BCUT2D eigenvalue weighted by Gasteiger charge is 2.27. The molecular weight excluding hydrogens is 228 g/mol. The fraction of sp³-hybridized carbons (Fsp3) is 0.385. The third-order valence-corrected chi connectivity index (χ3v) is 3.18. The molecule has 96 valence electrons. The molecule has 0 spiro atoms. The van der Waals surface area contributed by atoms with Crippen molar-refractivity contribution in [3.63, 3.8) is 0 Å². The largest absolute Gasteiger partial charge is 0.399 e. The van der Waals surface area contributed by atoms with Crippen molar-refractivity contribution in [2.45, 2.75) is 27.3 Å². The minimum absolute atomic E-state index is 0.320. The lowest BCUT2D eigenvalue weighted by atomic mass is 9.92. The molecule has 0 bridgehead atoms.